The third kappa shape index (κ3) is 2.73. The van der Waals surface area contributed by atoms with Gasteiger partial charge in [-0.1, -0.05) is 17.7 Å². The molecular weight excluding hydrogens is 290 g/mol. The summed E-state index contributed by atoms with van der Waals surface area (Å²) in [5, 5.41) is 6.61. The molecule has 0 aliphatic rings. The van der Waals surface area contributed by atoms with Crippen LogP contribution in [0.25, 0.3) is 10.9 Å². The highest BCUT2D eigenvalue weighted by molar-refractivity contribution is 7.11. The van der Waals surface area contributed by atoms with Crippen LogP contribution in [-0.2, 0) is 6.54 Å². The van der Waals surface area contributed by atoms with Crippen LogP contribution in [0.1, 0.15) is 28.4 Å². The standard InChI is InChI=1S/C15H16ClN3S/c1-9-6-19-15(20-9)10(2)17-7-11-8-18-14-5-12(16)3-4-13(11)14/h3-6,8,10,17-18H,7H2,1-2H3. The maximum Gasteiger partial charge on any atom is 0.109 e. The number of aromatic nitrogens is 2. The van der Waals surface area contributed by atoms with Crippen molar-refractivity contribution in [1.82, 2.24) is 15.3 Å². The van der Waals surface area contributed by atoms with Crippen molar-refractivity contribution in [2.75, 3.05) is 0 Å². The highest BCUT2D eigenvalue weighted by Crippen LogP contribution is 2.23. The van der Waals surface area contributed by atoms with Crippen LogP contribution in [-0.4, -0.2) is 9.97 Å². The molecule has 1 unspecified atom stereocenters. The normalized spacial score (nSPS) is 12.9. The van der Waals surface area contributed by atoms with Crippen LogP contribution < -0.4 is 5.32 Å². The maximum atomic E-state index is 6.00. The minimum Gasteiger partial charge on any atom is -0.361 e. The Morgan fingerprint density at radius 2 is 2.30 bits per heavy atom. The molecule has 2 heterocycles. The number of aryl methyl sites for hydroxylation is 1. The van der Waals surface area contributed by atoms with E-state index in [1.54, 1.807) is 11.3 Å². The Balaban J connectivity index is 1.74. The zero-order valence-corrected chi connectivity index (χ0v) is 13.0. The van der Waals surface area contributed by atoms with E-state index in [2.05, 4.69) is 35.2 Å². The molecule has 0 saturated heterocycles. The molecule has 0 aliphatic carbocycles. The first-order chi connectivity index (χ1) is 9.63. The van der Waals surface area contributed by atoms with Gasteiger partial charge in [0.05, 0.1) is 6.04 Å². The smallest absolute Gasteiger partial charge is 0.109 e. The van der Waals surface area contributed by atoms with E-state index >= 15 is 0 Å². The number of aromatic amines is 1. The molecule has 0 fully saturated rings. The Morgan fingerprint density at radius 1 is 1.45 bits per heavy atom. The Labute approximate surface area is 127 Å². The molecule has 3 aromatic rings. The predicted molar refractivity (Wildman–Crippen MR) is 85.4 cm³/mol. The van der Waals surface area contributed by atoms with Crippen molar-refractivity contribution in [3.63, 3.8) is 0 Å². The summed E-state index contributed by atoms with van der Waals surface area (Å²) in [7, 11) is 0. The van der Waals surface area contributed by atoms with Crippen LogP contribution in [0.5, 0.6) is 0 Å². The molecule has 104 valence electrons. The van der Waals surface area contributed by atoms with Crippen molar-refractivity contribution >= 4 is 33.8 Å². The number of nitrogens with one attached hydrogen (secondary N) is 2. The van der Waals surface area contributed by atoms with Crippen LogP contribution >= 0.6 is 22.9 Å². The summed E-state index contributed by atoms with van der Waals surface area (Å²) >= 11 is 7.74. The summed E-state index contributed by atoms with van der Waals surface area (Å²) in [5.74, 6) is 0. The fourth-order valence-electron chi connectivity index (χ4n) is 2.23. The fraction of sp³-hybridized carbons (Fsp3) is 0.267. The number of hydrogen-bond acceptors (Lipinski definition) is 3. The molecule has 0 amide bonds. The fourth-order valence-corrected chi connectivity index (χ4v) is 3.20. The highest BCUT2D eigenvalue weighted by atomic mass is 35.5. The number of hydrogen-bond donors (Lipinski definition) is 2. The first-order valence-electron chi connectivity index (χ1n) is 6.54. The SMILES string of the molecule is Cc1cnc(C(C)NCc2c[nH]c3cc(Cl)ccc23)s1. The number of rotatable bonds is 4. The molecule has 0 spiro atoms. The van der Waals surface area contributed by atoms with Gasteiger partial charge in [0.25, 0.3) is 0 Å². The van der Waals surface area contributed by atoms with Gasteiger partial charge >= 0.3 is 0 Å². The van der Waals surface area contributed by atoms with E-state index in [1.807, 2.05) is 24.5 Å². The Hall–Kier alpha value is -1.36. The summed E-state index contributed by atoms with van der Waals surface area (Å²) in [4.78, 5) is 8.93. The quantitative estimate of drug-likeness (QED) is 0.748. The van der Waals surface area contributed by atoms with Crippen LogP contribution in [0.2, 0.25) is 5.02 Å². The Kier molecular flexibility index (Phi) is 3.78. The van der Waals surface area contributed by atoms with Crippen molar-refractivity contribution in [3.8, 4) is 0 Å². The lowest BCUT2D eigenvalue weighted by Crippen LogP contribution is -2.17. The van der Waals surface area contributed by atoms with Crippen LogP contribution in [0.3, 0.4) is 0 Å². The molecule has 3 nitrogen and oxygen atoms in total. The first kappa shape index (κ1) is 13.6. The lowest BCUT2D eigenvalue weighted by Gasteiger charge is -2.10. The van der Waals surface area contributed by atoms with Gasteiger partial charge in [0.1, 0.15) is 5.01 Å². The summed E-state index contributed by atoms with van der Waals surface area (Å²) in [6.07, 6.45) is 3.96. The lowest BCUT2D eigenvalue weighted by molar-refractivity contribution is 0.573. The van der Waals surface area contributed by atoms with E-state index < -0.39 is 0 Å². The second-order valence-corrected chi connectivity index (χ2v) is 6.62. The van der Waals surface area contributed by atoms with Gasteiger partial charge in [-0.2, -0.15) is 0 Å². The van der Waals surface area contributed by atoms with Gasteiger partial charge in [-0.05, 0) is 31.5 Å². The van der Waals surface area contributed by atoms with Gasteiger partial charge in [0.2, 0.25) is 0 Å². The lowest BCUT2D eigenvalue weighted by atomic mass is 10.1. The van der Waals surface area contributed by atoms with Crippen LogP contribution in [0, 0.1) is 6.92 Å². The van der Waals surface area contributed by atoms with Crippen molar-refractivity contribution < 1.29 is 0 Å². The summed E-state index contributed by atoms with van der Waals surface area (Å²) in [6, 6.07) is 6.19. The van der Waals surface area contributed by atoms with E-state index in [0.717, 1.165) is 22.1 Å². The van der Waals surface area contributed by atoms with Crippen LogP contribution in [0.4, 0.5) is 0 Å². The molecule has 2 N–H and O–H groups in total. The summed E-state index contributed by atoms with van der Waals surface area (Å²) in [6.45, 7) is 5.03. The molecule has 0 aliphatic heterocycles. The van der Waals surface area contributed by atoms with Crippen molar-refractivity contribution in [3.05, 3.63) is 51.1 Å². The zero-order valence-electron chi connectivity index (χ0n) is 11.4. The van der Waals surface area contributed by atoms with Gasteiger partial charge in [0, 0.05) is 39.7 Å². The summed E-state index contributed by atoms with van der Waals surface area (Å²) in [5.41, 5.74) is 2.32. The molecule has 0 saturated carbocycles. The number of benzene rings is 1. The number of H-pyrrole nitrogens is 1. The predicted octanol–water partition coefficient (Wildman–Crippen LogP) is 4.44. The monoisotopic (exact) mass is 305 g/mol. The molecule has 2 aromatic heterocycles. The molecule has 1 atom stereocenters. The molecule has 3 rings (SSSR count). The van der Waals surface area contributed by atoms with E-state index in [0.29, 0.717) is 0 Å². The minimum atomic E-state index is 0.256. The van der Waals surface area contributed by atoms with Gasteiger partial charge in [0.15, 0.2) is 0 Å². The van der Waals surface area contributed by atoms with Gasteiger partial charge in [-0.3, -0.25) is 0 Å². The van der Waals surface area contributed by atoms with Gasteiger partial charge < -0.3 is 10.3 Å². The van der Waals surface area contributed by atoms with Crippen molar-refractivity contribution in [2.24, 2.45) is 0 Å². The molecule has 0 radical (unpaired) electrons. The molecule has 0 bridgehead atoms. The second-order valence-electron chi connectivity index (χ2n) is 4.92. The van der Waals surface area contributed by atoms with Crippen molar-refractivity contribution in [1.29, 1.82) is 0 Å². The number of nitrogens with zero attached hydrogens (tertiary/aromatic N) is 1. The van der Waals surface area contributed by atoms with Crippen molar-refractivity contribution in [2.45, 2.75) is 26.4 Å². The second kappa shape index (κ2) is 5.56. The van der Waals surface area contributed by atoms with Gasteiger partial charge in [-0.25, -0.2) is 4.98 Å². The van der Waals surface area contributed by atoms with Crippen LogP contribution in [0.15, 0.2) is 30.6 Å². The topological polar surface area (TPSA) is 40.7 Å². The maximum absolute atomic E-state index is 6.00. The first-order valence-corrected chi connectivity index (χ1v) is 7.74. The van der Waals surface area contributed by atoms with E-state index in [9.17, 15) is 0 Å². The third-order valence-corrected chi connectivity index (χ3v) is 4.67. The Morgan fingerprint density at radius 3 is 3.05 bits per heavy atom. The molecular formula is C15H16ClN3S. The average molecular weight is 306 g/mol. The van der Waals surface area contributed by atoms with E-state index in [1.165, 1.54) is 15.8 Å². The average Bonchev–Trinajstić information content (AvgIpc) is 3.02. The number of halogens is 1. The number of thiazole rings is 1. The van der Waals surface area contributed by atoms with E-state index in [4.69, 9.17) is 11.6 Å². The largest absolute Gasteiger partial charge is 0.361 e. The minimum absolute atomic E-state index is 0.256. The molecule has 20 heavy (non-hydrogen) atoms. The summed E-state index contributed by atoms with van der Waals surface area (Å²) < 4.78 is 0. The zero-order chi connectivity index (χ0) is 14.1. The molecule has 5 heteroatoms. The highest BCUT2D eigenvalue weighted by Gasteiger charge is 2.10. The molecule has 1 aromatic carbocycles. The Bertz CT molecular complexity index is 732. The third-order valence-electron chi connectivity index (χ3n) is 3.34. The van der Waals surface area contributed by atoms with E-state index in [-0.39, 0.29) is 6.04 Å². The number of fused-ring (bicyclic) bond motifs is 1. The van der Waals surface area contributed by atoms with Gasteiger partial charge in [-0.15, -0.1) is 11.3 Å².